The van der Waals surface area contributed by atoms with Crippen LogP contribution in [0.5, 0.6) is 11.5 Å². The lowest BCUT2D eigenvalue weighted by Crippen LogP contribution is -1.87. The van der Waals surface area contributed by atoms with Gasteiger partial charge in [0, 0.05) is 6.07 Å². The molecular formula is C10H9ClO2. The van der Waals surface area contributed by atoms with Gasteiger partial charge in [-0.3, -0.25) is 0 Å². The highest BCUT2D eigenvalue weighted by molar-refractivity contribution is 6.19. The van der Waals surface area contributed by atoms with E-state index >= 15 is 0 Å². The van der Waals surface area contributed by atoms with Gasteiger partial charge in [0.15, 0.2) is 0 Å². The van der Waals surface area contributed by atoms with Gasteiger partial charge >= 0.3 is 0 Å². The van der Waals surface area contributed by atoms with Gasteiger partial charge in [-0.15, -0.1) is 11.6 Å². The Balaban J connectivity index is 3.06. The van der Waals surface area contributed by atoms with Crippen molar-refractivity contribution in [3.63, 3.8) is 0 Å². The van der Waals surface area contributed by atoms with Gasteiger partial charge in [0.2, 0.25) is 0 Å². The molecule has 1 N–H and O–H groups in total. The van der Waals surface area contributed by atoms with Gasteiger partial charge in [-0.2, -0.15) is 0 Å². The Morgan fingerprint density at radius 3 is 2.92 bits per heavy atom. The highest BCUT2D eigenvalue weighted by atomic mass is 35.5. The number of aromatic hydroxyl groups is 1. The summed E-state index contributed by atoms with van der Waals surface area (Å²) in [6, 6.07) is 4.76. The van der Waals surface area contributed by atoms with E-state index in [1.165, 1.54) is 13.2 Å². The molecule has 0 bridgehead atoms. The lowest BCUT2D eigenvalue weighted by molar-refractivity contribution is 0.406. The second-order valence-electron chi connectivity index (χ2n) is 2.32. The van der Waals surface area contributed by atoms with Gasteiger partial charge in [-0.25, -0.2) is 0 Å². The van der Waals surface area contributed by atoms with E-state index in [0.717, 1.165) is 5.56 Å². The molecule has 0 unspecified atom stereocenters. The third kappa shape index (κ3) is 2.57. The normalized spacial score (nSPS) is 8.77. The van der Waals surface area contributed by atoms with Crippen LogP contribution in [0.2, 0.25) is 0 Å². The summed E-state index contributed by atoms with van der Waals surface area (Å²) in [5, 5.41) is 9.14. The molecule has 13 heavy (non-hydrogen) atoms. The van der Waals surface area contributed by atoms with Crippen LogP contribution in [0.1, 0.15) is 5.56 Å². The van der Waals surface area contributed by atoms with E-state index in [9.17, 15) is 0 Å². The monoisotopic (exact) mass is 196 g/mol. The van der Waals surface area contributed by atoms with E-state index in [1.54, 1.807) is 12.1 Å². The molecule has 0 heterocycles. The van der Waals surface area contributed by atoms with E-state index in [4.69, 9.17) is 21.4 Å². The molecule has 1 aromatic rings. The van der Waals surface area contributed by atoms with Crippen LogP contribution in [0.4, 0.5) is 0 Å². The summed E-state index contributed by atoms with van der Waals surface area (Å²) in [5.41, 5.74) is 0.723. The summed E-state index contributed by atoms with van der Waals surface area (Å²) in [6.45, 7) is 0. The van der Waals surface area contributed by atoms with Gasteiger partial charge in [0.25, 0.3) is 0 Å². The van der Waals surface area contributed by atoms with Crippen LogP contribution in [0.3, 0.4) is 0 Å². The van der Waals surface area contributed by atoms with Crippen molar-refractivity contribution in [2.75, 3.05) is 13.0 Å². The topological polar surface area (TPSA) is 29.5 Å². The fourth-order valence-corrected chi connectivity index (χ4v) is 0.979. The molecular weight excluding hydrogens is 188 g/mol. The maximum atomic E-state index is 9.14. The Kier molecular flexibility index (Phi) is 3.48. The highest BCUT2D eigenvalue weighted by Gasteiger charge is 1.99. The first-order valence-corrected chi connectivity index (χ1v) is 4.23. The van der Waals surface area contributed by atoms with Crippen molar-refractivity contribution in [3.05, 3.63) is 23.8 Å². The number of phenolic OH excluding ortho intramolecular Hbond substituents is 1. The minimum absolute atomic E-state index is 0.160. The number of phenols is 1. The average Bonchev–Trinajstić information content (AvgIpc) is 2.16. The van der Waals surface area contributed by atoms with E-state index in [-0.39, 0.29) is 11.6 Å². The Bertz CT molecular complexity index is 350. The number of rotatable bonds is 1. The van der Waals surface area contributed by atoms with E-state index in [1.807, 2.05) is 0 Å². The number of ether oxygens (including phenoxy) is 1. The molecule has 1 rings (SSSR count). The van der Waals surface area contributed by atoms with Gasteiger partial charge in [0.1, 0.15) is 11.5 Å². The molecule has 0 amide bonds. The minimum atomic E-state index is 0.160. The van der Waals surface area contributed by atoms with Crippen LogP contribution >= 0.6 is 11.6 Å². The maximum absolute atomic E-state index is 9.14. The zero-order valence-electron chi connectivity index (χ0n) is 7.17. The molecule has 0 aliphatic heterocycles. The van der Waals surface area contributed by atoms with E-state index in [0.29, 0.717) is 5.75 Å². The number of halogens is 1. The Morgan fingerprint density at radius 2 is 2.31 bits per heavy atom. The third-order valence-corrected chi connectivity index (χ3v) is 1.61. The quantitative estimate of drug-likeness (QED) is 0.550. The predicted molar refractivity (Wildman–Crippen MR) is 52.3 cm³/mol. The SMILES string of the molecule is COc1cc(O)ccc1C#CCCl. The number of hydrogen-bond donors (Lipinski definition) is 1. The summed E-state index contributed by atoms with van der Waals surface area (Å²) in [4.78, 5) is 0. The van der Waals surface area contributed by atoms with Crippen LogP contribution in [-0.4, -0.2) is 18.1 Å². The Hall–Kier alpha value is -1.33. The van der Waals surface area contributed by atoms with Crippen molar-refractivity contribution < 1.29 is 9.84 Å². The fraction of sp³-hybridized carbons (Fsp3) is 0.200. The minimum Gasteiger partial charge on any atom is -0.508 e. The molecule has 0 radical (unpaired) electrons. The Labute approximate surface area is 82.1 Å². The van der Waals surface area contributed by atoms with Crippen molar-refractivity contribution in [1.82, 2.24) is 0 Å². The standard InChI is InChI=1S/C10H9ClO2/c1-13-10-7-9(12)5-4-8(10)3-2-6-11/h4-5,7,12H,6H2,1H3. The molecule has 0 aliphatic carbocycles. The molecule has 2 nitrogen and oxygen atoms in total. The lowest BCUT2D eigenvalue weighted by Gasteiger charge is -2.02. The zero-order valence-corrected chi connectivity index (χ0v) is 7.93. The van der Waals surface area contributed by atoms with Gasteiger partial charge < -0.3 is 9.84 Å². The number of methoxy groups -OCH3 is 1. The van der Waals surface area contributed by atoms with E-state index in [2.05, 4.69) is 11.8 Å². The first kappa shape index (κ1) is 9.76. The average molecular weight is 197 g/mol. The predicted octanol–water partition coefficient (Wildman–Crippen LogP) is 1.99. The van der Waals surface area contributed by atoms with Crippen LogP contribution in [0, 0.1) is 11.8 Å². The smallest absolute Gasteiger partial charge is 0.138 e. The molecule has 0 aromatic heterocycles. The zero-order chi connectivity index (χ0) is 9.68. The van der Waals surface area contributed by atoms with Crippen molar-refractivity contribution in [2.45, 2.75) is 0 Å². The van der Waals surface area contributed by atoms with Crippen LogP contribution in [0.25, 0.3) is 0 Å². The van der Waals surface area contributed by atoms with E-state index < -0.39 is 0 Å². The first-order chi connectivity index (χ1) is 6.27. The summed E-state index contributed by atoms with van der Waals surface area (Å²) >= 11 is 5.41. The summed E-state index contributed by atoms with van der Waals surface area (Å²) in [6.07, 6.45) is 0. The van der Waals surface area contributed by atoms with Crippen LogP contribution in [-0.2, 0) is 0 Å². The van der Waals surface area contributed by atoms with Gasteiger partial charge in [0.05, 0.1) is 18.6 Å². The second-order valence-corrected chi connectivity index (χ2v) is 2.59. The molecule has 0 aliphatic rings. The molecule has 0 saturated heterocycles. The fourth-order valence-electron chi connectivity index (χ4n) is 0.912. The van der Waals surface area contributed by atoms with Crippen molar-refractivity contribution in [1.29, 1.82) is 0 Å². The summed E-state index contributed by atoms with van der Waals surface area (Å²) in [7, 11) is 1.53. The molecule has 3 heteroatoms. The molecule has 0 spiro atoms. The molecule has 0 fully saturated rings. The third-order valence-electron chi connectivity index (χ3n) is 1.47. The number of hydrogen-bond acceptors (Lipinski definition) is 2. The first-order valence-electron chi connectivity index (χ1n) is 3.69. The van der Waals surface area contributed by atoms with Crippen molar-refractivity contribution in [3.8, 4) is 23.3 Å². The highest BCUT2D eigenvalue weighted by Crippen LogP contribution is 2.22. The Morgan fingerprint density at radius 1 is 1.54 bits per heavy atom. The van der Waals surface area contributed by atoms with Crippen molar-refractivity contribution >= 4 is 11.6 Å². The molecule has 0 saturated carbocycles. The van der Waals surface area contributed by atoms with Gasteiger partial charge in [-0.1, -0.05) is 11.8 Å². The molecule has 68 valence electrons. The maximum Gasteiger partial charge on any atom is 0.138 e. The second kappa shape index (κ2) is 4.64. The lowest BCUT2D eigenvalue weighted by atomic mass is 10.2. The molecule has 0 atom stereocenters. The summed E-state index contributed by atoms with van der Waals surface area (Å²) in [5.74, 6) is 6.53. The van der Waals surface area contributed by atoms with Crippen LogP contribution < -0.4 is 4.74 Å². The summed E-state index contributed by atoms with van der Waals surface area (Å²) < 4.78 is 5.02. The van der Waals surface area contributed by atoms with Crippen LogP contribution in [0.15, 0.2) is 18.2 Å². The number of alkyl halides is 1. The van der Waals surface area contributed by atoms with Gasteiger partial charge in [-0.05, 0) is 12.1 Å². The largest absolute Gasteiger partial charge is 0.508 e. The van der Waals surface area contributed by atoms with Crippen molar-refractivity contribution in [2.24, 2.45) is 0 Å². The molecule has 1 aromatic carbocycles. The number of benzene rings is 1.